The molecule has 0 bridgehead atoms. The van der Waals surface area contributed by atoms with E-state index < -0.39 is 5.97 Å². The van der Waals surface area contributed by atoms with Crippen LogP contribution in [-0.2, 0) is 18.3 Å². The lowest BCUT2D eigenvalue weighted by Crippen LogP contribution is -2.17. The molecule has 1 N–H and O–H groups in total. The van der Waals surface area contributed by atoms with Crippen molar-refractivity contribution in [2.75, 3.05) is 18.6 Å². The summed E-state index contributed by atoms with van der Waals surface area (Å²) in [6, 6.07) is 6.04. The summed E-state index contributed by atoms with van der Waals surface area (Å²) in [6.45, 7) is 2.71. The van der Waals surface area contributed by atoms with Gasteiger partial charge < -0.3 is 14.7 Å². The molecule has 6 nitrogen and oxygen atoms in total. The third kappa shape index (κ3) is 2.67. The van der Waals surface area contributed by atoms with Crippen LogP contribution in [0.5, 0.6) is 5.75 Å². The maximum absolute atomic E-state index is 10.9. The van der Waals surface area contributed by atoms with Crippen molar-refractivity contribution < 1.29 is 14.6 Å². The Morgan fingerprint density at radius 2 is 2.22 bits per heavy atom. The van der Waals surface area contributed by atoms with Crippen LogP contribution in [0.15, 0.2) is 24.3 Å². The van der Waals surface area contributed by atoms with E-state index in [9.17, 15) is 4.79 Å². The number of hydrogen-bond donors (Lipinski definition) is 1. The third-order valence-electron chi connectivity index (χ3n) is 4.07. The first-order valence-corrected chi connectivity index (χ1v) is 7.40. The number of aliphatic carboxylic acids is 1. The highest BCUT2D eigenvalue weighted by molar-refractivity contribution is 5.88. The number of carboxylic acid groups (broad SMARTS) is 1. The summed E-state index contributed by atoms with van der Waals surface area (Å²) in [5, 5.41) is 13.4. The van der Waals surface area contributed by atoms with Crippen LogP contribution in [0.1, 0.15) is 16.8 Å². The maximum Gasteiger partial charge on any atom is 0.328 e. The van der Waals surface area contributed by atoms with Crippen molar-refractivity contribution in [1.82, 2.24) is 9.78 Å². The maximum atomic E-state index is 10.9. The SMILES string of the molecule is COc1ccc2c(c1)N(c1c(/C=C/C(=O)O)c(C)nn1C)CC2. The number of rotatable bonds is 4. The summed E-state index contributed by atoms with van der Waals surface area (Å²) in [4.78, 5) is 13.0. The lowest BCUT2D eigenvalue weighted by molar-refractivity contribution is -0.131. The van der Waals surface area contributed by atoms with Crippen LogP contribution in [0.3, 0.4) is 0 Å². The van der Waals surface area contributed by atoms with Gasteiger partial charge in [0.1, 0.15) is 11.6 Å². The molecule has 1 aromatic heterocycles. The first-order chi connectivity index (χ1) is 11.0. The van der Waals surface area contributed by atoms with E-state index >= 15 is 0 Å². The van der Waals surface area contributed by atoms with Crippen LogP contribution in [-0.4, -0.2) is 34.5 Å². The Morgan fingerprint density at radius 3 is 2.91 bits per heavy atom. The molecular formula is C17H19N3O3. The zero-order valence-corrected chi connectivity index (χ0v) is 13.4. The molecule has 120 valence electrons. The molecule has 0 atom stereocenters. The van der Waals surface area contributed by atoms with Crippen LogP contribution in [0.25, 0.3) is 6.08 Å². The Balaban J connectivity index is 2.09. The quantitative estimate of drug-likeness (QED) is 0.879. The molecule has 0 fully saturated rings. The molecule has 1 aromatic carbocycles. The fourth-order valence-electron chi connectivity index (χ4n) is 3.04. The number of anilines is 2. The van der Waals surface area contributed by atoms with Crippen molar-refractivity contribution in [1.29, 1.82) is 0 Å². The number of nitrogens with zero attached hydrogens (tertiary/aromatic N) is 3. The summed E-state index contributed by atoms with van der Waals surface area (Å²) >= 11 is 0. The zero-order chi connectivity index (χ0) is 16.6. The molecular weight excluding hydrogens is 294 g/mol. The molecule has 0 aliphatic carbocycles. The molecule has 0 unspecified atom stereocenters. The van der Waals surface area contributed by atoms with Gasteiger partial charge in [-0.25, -0.2) is 4.79 Å². The summed E-state index contributed by atoms with van der Waals surface area (Å²) in [5.41, 5.74) is 3.96. The van der Waals surface area contributed by atoms with Gasteiger partial charge in [0.15, 0.2) is 0 Å². The second-order valence-electron chi connectivity index (χ2n) is 5.51. The van der Waals surface area contributed by atoms with Gasteiger partial charge in [0, 0.05) is 37.0 Å². The monoisotopic (exact) mass is 313 g/mol. The largest absolute Gasteiger partial charge is 0.497 e. The highest BCUT2D eigenvalue weighted by Gasteiger charge is 2.26. The van der Waals surface area contributed by atoms with Gasteiger partial charge in [0.25, 0.3) is 0 Å². The molecule has 6 heteroatoms. The van der Waals surface area contributed by atoms with E-state index in [2.05, 4.69) is 16.1 Å². The first-order valence-electron chi connectivity index (χ1n) is 7.40. The van der Waals surface area contributed by atoms with Gasteiger partial charge in [0.05, 0.1) is 12.8 Å². The van der Waals surface area contributed by atoms with Gasteiger partial charge in [-0.15, -0.1) is 0 Å². The number of aryl methyl sites for hydroxylation is 2. The van der Waals surface area contributed by atoms with E-state index in [4.69, 9.17) is 9.84 Å². The fraction of sp³-hybridized carbons (Fsp3) is 0.294. The van der Waals surface area contributed by atoms with Crippen LogP contribution in [0, 0.1) is 6.92 Å². The molecule has 0 saturated carbocycles. The average Bonchev–Trinajstić information content (AvgIpc) is 3.04. The van der Waals surface area contributed by atoms with Crippen LogP contribution >= 0.6 is 0 Å². The lowest BCUT2D eigenvalue weighted by atomic mass is 10.1. The Morgan fingerprint density at radius 1 is 1.43 bits per heavy atom. The molecule has 2 aromatic rings. The second-order valence-corrected chi connectivity index (χ2v) is 5.51. The summed E-state index contributed by atoms with van der Waals surface area (Å²) < 4.78 is 7.12. The zero-order valence-electron chi connectivity index (χ0n) is 13.4. The Hall–Kier alpha value is -2.76. The standard InChI is InChI=1S/C17H19N3O3/c1-11-14(6-7-16(21)22)17(19(2)18-11)20-9-8-12-4-5-13(23-3)10-15(12)20/h4-7,10H,8-9H2,1-3H3,(H,21,22)/b7-6+. The number of fused-ring (bicyclic) bond motifs is 1. The smallest absolute Gasteiger partial charge is 0.328 e. The first kappa shape index (κ1) is 15.1. The number of ether oxygens (including phenoxy) is 1. The molecule has 2 heterocycles. The number of carbonyl (C=O) groups is 1. The topological polar surface area (TPSA) is 67.6 Å². The van der Waals surface area contributed by atoms with E-state index in [1.165, 1.54) is 5.56 Å². The molecule has 1 aliphatic rings. The summed E-state index contributed by atoms with van der Waals surface area (Å²) in [6.07, 6.45) is 3.69. The molecule has 0 amide bonds. The Kier molecular flexibility index (Phi) is 3.82. The van der Waals surface area contributed by atoms with Gasteiger partial charge in [0.2, 0.25) is 0 Å². The van der Waals surface area contributed by atoms with E-state index in [1.807, 2.05) is 26.1 Å². The minimum Gasteiger partial charge on any atom is -0.497 e. The molecule has 23 heavy (non-hydrogen) atoms. The van der Waals surface area contributed by atoms with Crippen molar-refractivity contribution in [2.45, 2.75) is 13.3 Å². The Labute approximate surface area is 134 Å². The predicted octanol–water partition coefficient (Wildman–Crippen LogP) is 2.53. The normalized spacial score (nSPS) is 13.6. The number of aromatic nitrogens is 2. The number of hydrogen-bond acceptors (Lipinski definition) is 4. The van der Waals surface area contributed by atoms with Crippen molar-refractivity contribution in [3.05, 3.63) is 41.1 Å². The molecule has 0 saturated heterocycles. The minimum absolute atomic E-state index is 0.802. The van der Waals surface area contributed by atoms with Gasteiger partial charge >= 0.3 is 5.97 Å². The van der Waals surface area contributed by atoms with E-state index in [1.54, 1.807) is 17.9 Å². The second kappa shape index (κ2) is 5.79. The van der Waals surface area contributed by atoms with Crippen LogP contribution < -0.4 is 9.64 Å². The van der Waals surface area contributed by atoms with Gasteiger partial charge in [-0.05, 0) is 31.1 Å². The van der Waals surface area contributed by atoms with Crippen molar-refractivity contribution in [2.24, 2.45) is 7.05 Å². The third-order valence-corrected chi connectivity index (χ3v) is 4.07. The van der Waals surface area contributed by atoms with Crippen LogP contribution in [0.4, 0.5) is 11.5 Å². The van der Waals surface area contributed by atoms with Crippen molar-refractivity contribution in [3.8, 4) is 5.75 Å². The lowest BCUT2D eigenvalue weighted by Gasteiger charge is -2.21. The van der Waals surface area contributed by atoms with Crippen LogP contribution in [0.2, 0.25) is 0 Å². The number of methoxy groups -OCH3 is 1. The molecule has 0 spiro atoms. The number of carboxylic acids is 1. The molecule has 0 radical (unpaired) electrons. The summed E-state index contributed by atoms with van der Waals surface area (Å²) in [5.74, 6) is 0.729. The fourth-order valence-corrected chi connectivity index (χ4v) is 3.04. The highest BCUT2D eigenvalue weighted by atomic mass is 16.5. The summed E-state index contributed by atoms with van der Waals surface area (Å²) in [7, 11) is 3.52. The van der Waals surface area contributed by atoms with Crippen molar-refractivity contribution in [3.63, 3.8) is 0 Å². The average molecular weight is 313 g/mol. The molecule has 3 rings (SSSR count). The number of benzene rings is 1. The highest BCUT2D eigenvalue weighted by Crippen LogP contribution is 2.39. The van der Waals surface area contributed by atoms with Gasteiger partial charge in [-0.3, -0.25) is 4.68 Å². The Bertz CT molecular complexity index is 793. The predicted molar refractivity (Wildman–Crippen MR) is 88.3 cm³/mol. The molecule has 1 aliphatic heterocycles. The van der Waals surface area contributed by atoms with Gasteiger partial charge in [-0.2, -0.15) is 5.10 Å². The van der Waals surface area contributed by atoms with E-state index in [0.29, 0.717) is 0 Å². The van der Waals surface area contributed by atoms with E-state index in [-0.39, 0.29) is 0 Å². The van der Waals surface area contributed by atoms with Gasteiger partial charge in [-0.1, -0.05) is 6.07 Å². The van der Waals surface area contributed by atoms with Crippen molar-refractivity contribution >= 4 is 23.6 Å². The minimum atomic E-state index is -0.970. The van der Waals surface area contributed by atoms with E-state index in [0.717, 1.165) is 47.6 Å².